The number of aryl methyl sites for hydroxylation is 1. The fraction of sp³-hybridized carbons (Fsp3) is 0.722. The quantitative estimate of drug-likeness (QED) is 0.902. The Balaban J connectivity index is 0.00000170. The third kappa shape index (κ3) is 6.16. The van der Waals surface area contributed by atoms with Gasteiger partial charge in [0.05, 0.1) is 5.69 Å². The van der Waals surface area contributed by atoms with Gasteiger partial charge in [0.1, 0.15) is 0 Å². The van der Waals surface area contributed by atoms with Gasteiger partial charge in [0.25, 0.3) is 0 Å². The van der Waals surface area contributed by atoms with Crippen LogP contribution in [0.5, 0.6) is 0 Å². The van der Waals surface area contributed by atoms with Crippen molar-refractivity contribution in [2.24, 2.45) is 11.8 Å². The zero-order valence-corrected chi connectivity index (χ0v) is 15.3. The molecule has 1 atom stereocenters. The third-order valence-corrected chi connectivity index (χ3v) is 4.35. The maximum absolute atomic E-state index is 11.8. The largest absolute Gasteiger partial charge is 0.356 e. The molecule has 2 rings (SSSR count). The molecule has 1 unspecified atom stereocenters. The molecule has 1 N–H and O–H groups in total. The Hall–Kier alpha value is -1.65. The number of carbonyl (C=O) groups is 1. The summed E-state index contributed by atoms with van der Waals surface area (Å²) in [6.45, 7) is 12.8. The Kier molecular flexibility index (Phi) is 8.59. The van der Waals surface area contributed by atoms with E-state index in [0.717, 1.165) is 50.4 Å². The Bertz CT molecular complexity index is 459. The van der Waals surface area contributed by atoms with E-state index in [4.69, 9.17) is 0 Å². The van der Waals surface area contributed by atoms with Crippen molar-refractivity contribution in [2.75, 3.05) is 24.5 Å². The number of hydrogen-bond donors (Lipinski definition) is 1. The number of anilines is 1. The lowest BCUT2D eigenvalue weighted by molar-refractivity contribution is -0.124. The van der Waals surface area contributed by atoms with E-state index < -0.39 is 0 Å². The average Bonchev–Trinajstić information content (AvgIpc) is 2.62. The van der Waals surface area contributed by atoms with Gasteiger partial charge >= 0.3 is 0 Å². The van der Waals surface area contributed by atoms with Crippen molar-refractivity contribution in [1.82, 2.24) is 15.5 Å². The van der Waals surface area contributed by atoms with Crippen molar-refractivity contribution in [3.63, 3.8) is 0 Å². The van der Waals surface area contributed by atoms with E-state index in [2.05, 4.69) is 20.4 Å². The molecule has 0 spiro atoms. The molecule has 1 saturated heterocycles. The first kappa shape index (κ1) is 19.4. The average molecular weight is 322 g/mol. The van der Waals surface area contributed by atoms with Gasteiger partial charge in [-0.15, -0.1) is 5.10 Å². The fourth-order valence-electron chi connectivity index (χ4n) is 2.53. The smallest absolute Gasteiger partial charge is 0.222 e. The maximum atomic E-state index is 11.8. The summed E-state index contributed by atoms with van der Waals surface area (Å²) in [5.41, 5.74) is 0.946. The van der Waals surface area contributed by atoms with Gasteiger partial charge < -0.3 is 10.2 Å². The van der Waals surface area contributed by atoms with Crippen LogP contribution < -0.4 is 10.2 Å². The number of nitrogens with one attached hydrogen (secondary N) is 1. The Morgan fingerprint density at radius 3 is 2.52 bits per heavy atom. The first-order valence-electron chi connectivity index (χ1n) is 8.93. The highest BCUT2D eigenvalue weighted by Gasteiger charge is 2.21. The molecule has 0 bridgehead atoms. The number of carbonyl (C=O) groups excluding carboxylic acids is 1. The highest BCUT2D eigenvalue weighted by Crippen LogP contribution is 2.21. The summed E-state index contributed by atoms with van der Waals surface area (Å²) in [4.78, 5) is 14.1. The first-order chi connectivity index (χ1) is 11.1. The summed E-state index contributed by atoms with van der Waals surface area (Å²) >= 11 is 0. The minimum absolute atomic E-state index is 0. The number of aromatic nitrogens is 2. The molecule has 132 valence electrons. The Labute approximate surface area is 142 Å². The van der Waals surface area contributed by atoms with Gasteiger partial charge in [-0.25, -0.2) is 0 Å². The minimum atomic E-state index is 0. The minimum Gasteiger partial charge on any atom is -0.356 e. The molecule has 1 aliphatic rings. The molecule has 0 radical (unpaired) electrons. The normalized spacial score (nSPS) is 16.3. The molecule has 1 aliphatic heterocycles. The van der Waals surface area contributed by atoms with Gasteiger partial charge in [0.15, 0.2) is 5.82 Å². The molecule has 0 aromatic carbocycles. The second kappa shape index (κ2) is 10.2. The predicted molar refractivity (Wildman–Crippen MR) is 97.6 cm³/mol. The molecule has 0 aliphatic carbocycles. The second-order valence-electron chi connectivity index (χ2n) is 6.02. The van der Waals surface area contributed by atoms with Gasteiger partial charge in [0.2, 0.25) is 5.91 Å². The molecule has 2 heterocycles. The van der Waals surface area contributed by atoms with Crippen LogP contribution in [0.4, 0.5) is 5.82 Å². The summed E-state index contributed by atoms with van der Waals surface area (Å²) in [5.74, 6) is 1.84. The van der Waals surface area contributed by atoms with E-state index in [1.54, 1.807) is 0 Å². The number of nitrogens with zero attached hydrogens (tertiary/aromatic N) is 3. The van der Waals surface area contributed by atoms with Crippen molar-refractivity contribution in [3.8, 4) is 0 Å². The molecule has 23 heavy (non-hydrogen) atoms. The highest BCUT2D eigenvalue weighted by molar-refractivity contribution is 5.78. The van der Waals surface area contributed by atoms with Crippen LogP contribution >= 0.6 is 0 Å². The number of piperidine rings is 1. The zero-order chi connectivity index (χ0) is 17.2. The van der Waals surface area contributed by atoms with Crippen molar-refractivity contribution in [1.29, 1.82) is 0 Å². The van der Waals surface area contributed by atoms with Crippen LogP contribution in [0.1, 0.15) is 54.1 Å². The summed E-state index contributed by atoms with van der Waals surface area (Å²) in [6, 6.07) is 4.04. The summed E-state index contributed by atoms with van der Waals surface area (Å²) in [5, 5.41) is 11.4. The van der Waals surface area contributed by atoms with E-state index >= 15 is 0 Å². The number of hydrogen-bond acceptors (Lipinski definition) is 4. The zero-order valence-electron chi connectivity index (χ0n) is 15.3. The van der Waals surface area contributed by atoms with Crippen LogP contribution in [-0.4, -0.2) is 35.7 Å². The lowest BCUT2D eigenvalue weighted by Crippen LogP contribution is -2.40. The summed E-state index contributed by atoms with van der Waals surface area (Å²) in [7, 11) is 0. The van der Waals surface area contributed by atoms with E-state index in [1.807, 2.05) is 46.8 Å². The van der Waals surface area contributed by atoms with Crippen molar-refractivity contribution in [3.05, 3.63) is 17.8 Å². The van der Waals surface area contributed by atoms with Gasteiger partial charge in [-0.2, -0.15) is 5.10 Å². The molecule has 5 nitrogen and oxygen atoms in total. The van der Waals surface area contributed by atoms with Gasteiger partial charge in [-0.05, 0) is 44.2 Å². The van der Waals surface area contributed by atoms with Crippen LogP contribution in [0.2, 0.25) is 0 Å². The van der Waals surface area contributed by atoms with Gasteiger partial charge in [0, 0.05) is 27.0 Å². The van der Waals surface area contributed by atoms with E-state index in [9.17, 15) is 4.79 Å². The van der Waals surface area contributed by atoms with E-state index in [-0.39, 0.29) is 13.3 Å². The summed E-state index contributed by atoms with van der Waals surface area (Å²) < 4.78 is 0. The number of amides is 1. The molecular formula is C18H34N4O. The molecule has 5 heteroatoms. The predicted octanol–water partition coefficient (Wildman–Crippen LogP) is 3.44. The van der Waals surface area contributed by atoms with Crippen LogP contribution in [0.15, 0.2) is 12.1 Å². The van der Waals surface area contributed by atoms with Gasteiger partial charge in [-0.1, -0.05) is 27.7 Å². The van der Waals surface area contributed by atoms with Gasteiger partial charge in [-0.3, -0.25) is 4.79 Å². The number of rotatable bonds is 5. The van der Waals surface area contributed by atoms with E-state index in [1.165, 1.54) is 0 Å². The molecular weight excluding hydrogens is 288 g/mol. The van der Waals surface area contributed by atoms with Crippen molar-refractivity contribution in [2.45, 2.75) is 53.9 Å². The molecule has 1 aromatic rings. The maximum Gasteiger partial charge on any atom is 0.222 e. The SMILES string of the molecule is CC.CCC(C)C(=O)NCC1CCN(c2ccc(C)nn2)CC1.[HH]. The van der Waals surface area contributed by atoms with Crippen LogP contribution in [0.3, 0.4) is 0 Å². The van der Waals surface area contributed by atoms with Crippen LogP contribution in [0.25, 0.3) is 0 Å². The van der Waals surface area contributed by atoms with Crippen molar-refractivity contribution < 1.29 is 6.22 Å². The highest BCUT2D eigenvalue weighted by atomic mass is 16.1. The molecule has 1 amide bonds. The van der Waals surface area contributed by atoms with E-state index in [0.29, 0.717) is 5.92 Å². The monoisotopic (exact) mass is 322 g/mol. The molecule has 1 aromatic heterocycles. The first-order valence-corrected chi connectivity index (χ1v) is 8.93. The summed E-state index contributed by atoms with van der Waals surface area (Å²) in [6.07, 6.45) is 3.09. The fourth-order valence-corrected chi connectivity index (χ4v) is 2.53. The standard InChI is InChI=1S/C16H26N4O.C2H6.H2/c1-4-12(2)16(21)17-11-14-7-9-20(10-8-14)15-6-5-13(3)18-19-15;1-2;/h5-6,12,14H,4,7-11H2,1-3H3,(H,17,21);1-2H3;1H. The second-order valence-corrected chi connectivity index (χ2v) is 6.02. The molecule has 0 saturated carbocycles. The van der Waals surface area contributed by atoms with Crippen LogP contribution in [0, 0.1) is 18.8 Å². The Morgan fingerprint density at radius 2 is 2.00 bits per heavy atom. The third-order valence-electron chi connectivity index (χ3n) is 4.35. The topological polar surface area (TPSA) is 58.1 Å². The van der Waals surface area contributed by atoms with Crippen LogP contribution in [-0.2, 0) is 4.79 Å². The lowest BCUT2D eigenvalue weighted by atomic mass is 9.96. The van der Waals surface area contributed by atoms with Crippen molar-refractivity contribution >= 4 is 11.7 Å². The Morgan fingerprint density at radius 1 is 1.35 bits per heavy atom. The lowest BCUT2D eigenvalue weighted by Gasteiger charge is -2.32. The molecule has 1 fully saturated rings.